The first-order valence-electron chi connectivity index (χ1n) is 9.76. The van der Waals surface area contributed by atoms with Gasteiger partial charge in [0.1, 0.15) is 22.1 Å². The van der Waals surface area contributed by atoms with Crippen LogP contribution in [0.3, 0.4) is 0 Å². The van der Waals surface area contributed by atoms with Crippen LogP contribution in [-0.2, 0) is 0 Å². The van der Waals surface area contributed by atoms with Crippen molar-refractivity contribution in [2.45, 2.75) is 0 Å². The summed E-state index contributed by atoms with van der Waals surface area (Å²) in [7, 11) is 1.62. The molecule has 7 heteroatoms. The van der Waals surface area contributed by atoms with Gasteiger partial charge in [-0.3, -0.25) is 0 Å². The van der Waals surface area contributed by atoms with Crippen molar-refractivity contribution in [3.63, 3.8) is 0 Å². The molecule has 5 rings (SSSR count). The second-order valence-electron chi connectivity index (χ2n) is 7.04. The number of aromatic hydroxyl groups is 1. The van der Waals surface area contributed by atoms with Crippen molar-refractivity contribution in [1.82, 2.24) is 4.98 Å². The Bertz CT molecular complexity index is 1470. The smallest absolute Gasteiger partial charge is 0.230 e. The van der Waals surface area contributed by atoms with Crippen LogP contribution < -0.4 is 10.3 Å². The summed E-state index contributed by atoms with van der Waals surface area (Å²) in [6.45, 7) is 0. The van der Waals surface area contributed by atoms with Crippen LogP contribution in [0.1, 0.15) is 0 Å². The van der Waals surface area contributed by atoms with Crippen molar-refractivity contribution in [3.05, 3.63) is 88.8 Å². The van der Waals surface area contributed by atoms with Gasteiger partial charge < -0.3 is 14.3 Å². The average Bonchev–Trinajstić information content (AvgIpc) is 3.29. The highest BCUT2D eigenvalue weighted by Gasteiger charge is 2.13. The maximum atomic E-state index is 9.88. The first-order valence-corrected chi connectivity index (χ1v) is 11.0. The molecule has 0 aliphatic rings. The van der Waals surface area contributed by atoms with E-state index in [-0.39, 0.29) is 5.75 Å². The van der Waals surface area contributed by atoms with Crippen molar-refractivity contribution in [3.8, 4) is 33.3 Å². The number of phenols is 1. The molecule has 0 amide bonds. The molecule has 5 nitrogen and oxygen atoms in total. The Hall–Kier alpha value is -3.61. The summed E-state index contributed by atoms with van der Waals surface area (Å²) in [5.41, 5.74) is 4.26. The summed E-state index contributed by atoms with van der Waals surface area (Å²) in [5, 5.41) is 14.2. The van der Waals surface area contributed by atoms with Crippen LogP contribution >= 0.6 is 22.9 Å². The first kappa shape index (κ1) is 20.3. The van der Waals surface area contributed by atoms with Crippen molar-refractivity contribution >= 4 is 39.6 Å². The molecule has 0 radical (unpaired) electrons. The number of ether oxygens (including phenoxy) is 1. The highest BCUT2D eigenvalue weighted by Crippen LogP contribution is 2.30. The SMILES string of the molecule is COc1ccc(N=c2oc3cc(O)ccc3cc2-c2nc(-c3ccc(Cl)cc3)cs2)cc1. The molecule has 0 unspecified atom stereocenters. The van der Waals surface area contributed by atoms with Crippen molar-refractivity contribution in [2.75, 3.05) is 7.11 Å². The van der Waals surface area contributed by atoms with E-state index in [1.165, 1.54) is 11.3 Å². The number of hydrogen-bond donors (Lipinski definition) is 1. The summed E-state index contributed by atoms with van der Waals surface area (Å²) < 4.78 is 11.3. The largest absolute Gasteiger partial charge is 0.508 e. The summed E-state index contributed by atoms with van der Waals surface area (Å²) in [5.74, 6) is 0.876. The zero-order valence-corrected chi connectivity index (χ0v) is 18.5. The Balaban J connectivity index is 1.67. The number of nitrogens with zero attached hydrogens (tertiary/aromatic N) is 2. The zero-order valence-electron chi connectivity index (χ0n) is 16.9. The van der Waals surface area contributed by atoms with E-state index in [1.807, 2.05) is 66.0 Å². The van der Waals surface area contributed by atoms with Gasteiger partial charge >= 0.3 is 0 Å². The maximum absolute atomic E-state index is 9.88. The minimum absolute atomic E-state index is 0.128. The Labute approximate surface area is 192 Å². The van der Waals surface area contributed by atoms with Crippen LogP contribution in [0.25, 0.3) is 32.8 Å². The summed E-state index contributed by atoms with van der Waals surface area (Å²) in [6, 6.07) is 22.0. The lowest BCUT2D eigenvalue weighted by Gasteiger charge is -2.04. The Morgan fingerprint density at radius 2 is 1.78 bits per heavy atom. The van der Waals surface area contributed by atoms with E-state index >= 15 is 0 Å². The second kappa shape index (κ2) is 8.49. The Morgan fingerprint density at radius 1 is 1.00 bits per heavy atom. The topological polar surface area (TPSA) is 67.9 Å². The van der Waals surface area contributed by atoms with Crippen LogP contribution in [0.2, 0.25) is 5.02 Å². The molecule has 0 saturated heterocycles. The number of hydrogen-bond acceptors (Lipinski definition) is 6. The monoisotopic (exact) mass is 460 g/mol. The van der Waals surface area contributed by atoms with Gasteiger partial charge in [0, 0.05) is 27.4 Å². The lowest BCUT2D eigenvalue weighted by atomic mass is 10.1. The van der Waals surface area contributed by atoms with Crippen LogP contribution in [0.5, 0.6) is 11.5 Å². The van der Waals surface area contributed by atoms with Crippen LogP contribution in [0.4, 0.5) is 5.69 Å². The third kappa shape index (κ3) is 4.10. The fourth-order valence-electron chi connectivity index (χ4n) is 3.27. The maximum Gasteiger partial charge on any atom is 0.230 e. The van der Waals surface area contributed by atoms with E-state index < -0.39 is 0 Å². The second-order valence-corrected chi connectivity index (χ2v) is 8.34. The Kier molecular flexibility index (Phi) is 5.39. The number of halogens is 1. The lowest BCUT2D eigenvalue weighted by molar-refractivity contribution is 0.415. The number of phenolic OH excluding ortho intramolecular Hbond substituents is 1. The molecule has 0 atom stereocenters. The zero-order chi connectivity index (χ0) is 22.1. The van der Waals surface area contributed by atoms with E-state index in [4.69, 9.17) is 30.7 Å². The van der Waals surface area contributed by atoms with Crippen LogP contribution in [-0.4, -0.2) is 17.2 Å². The van der Waals surface area contributed by atoms with Gasteiger partial charge in [-0.25, -0.2) is 9.98 Å². The minimum Gasteiger partial charge on any atom is -0.508 e. The lowest BCUT2D eigenvalue weighted by Crippen LogP contribution is -2.05. The molecule has 0 spiro atoms. The van der Waals surface area contributed by atoms with E-state index in [9.17, 15) is 5.11 Å². The third-order valence-electron chi connectivity index (χ3n) is 4.91. The van der Waals surface area contributed by atoms with Gasteiger partial charge in [-0.2, -0.15) is 0 Å². The summed E-state index contributed by atoms with van der Waals surface area (Å²) >= 11 is 7.53. The van der Waals surface area contributed by atoms with E-state index in [1.54, 1.807) is 19.2 Å². The highest BCUT2D eigenvalue weighted by atomic mass is 35.5. The molecule has 158 valence electrons. The third-order valence-corrected chi connectivity index (χ3v) is 6.04. The molecule has 0 aliphatic carbocycles. The standard InChI is InChI=1S/C25H17ClN2O3S/c1-30-20-10-7-18(8-11-20)27-24-21(12-16-4-9-19(29)13-23(16)31-24)25-28-22(14-32-25)15-2-5-17(26)6-3-15/h2-14,29H,1H3. The molecule has 3 aromatic carbocycles. The first-order chi connectivity index (χ1) is 15.6. The van der Waals surface area contributed by atoms with E-state index in [0.717, 1.165) is 33.0 Å². The van der Waals surface area contributed by atoms with Crippen molar-refractivity contribution < 1.29 is 14.3 Å². The molecule has 0 bridgehead atoms. The summed E-state index contributed by atoms with van der Waals surface area (Å²) in [6.07, 6.45) is 0. The molecule has 0 saturated carbocycles. The van der Waals surface area contributed by atoms with Crippen LogP contribution in [0, 0.1) is 0 Å². The van der Waals surface area contributed by atoms with Gasteiger partial charge in [0.25, 0.3) is 0 Å². The van der Waals surface area contributed by atoms with Gasteiger partial charge in [0.15, 0.2) is 0 Å². The number of thiazole rings is 1. The van der Waals surface area contributed by atoms with Gasteiger partial charge in [-0.15, -0.1) is 11.3 Å². The molecule has 1 N–H and O–H groups in total. The van der Waals surface area contributed by atoms with Gasteiger partial charge in [-0.1, -0.05) is 23.7 Å². The number of methoxy groups -OCH3 is 1. The van der Waals surface area contributed by atoms with E-state index in [2.05, 4.69) is 0 Å². The van der Waals surface area contributed by atoms with E-state index in [0.29, 0.717) is 21.8 Å². The quantitative estimate of drug-likeness (QED) is 0.319. The van der Waals surface area contributed by atoms with Crippen molar-refractivity contribution in [1.29, 1.82) is 0 Å². The molecule has 5 aromatic rings. The number of fused-ring (bicyclic) bond motifs is 1. The normalized spacial score (nSPS) is 11.8. The molecule has 2 aromatic heterocycles. The highest BCUT2D eigenvalue weighted by molar-refractivity contribution is 7.13. The molecular formula is C25H17ClN2O3S. The van der Waals surface area contributed by atoms with Gasteiger partial charge in [0.05, 0.1) is 24.1 Å². The minimum atomic E-state index is 0.128. The number of rotatable bonds is 4. The molecule has 0 aliphatic heterocycles. The average molecular weight is 461 g/mol. The Morgan fingerprint density at radius 3 is 2.53 bits per heavy atom. The fraction of sp³-hybridized carbons (Fsp3) is 0.0400. The number of aromatic nitrogens is 1. The van der Waals surface area contributed by atoms with Crippen molar-refractivity contribution in [2.24, 2.45) is 4.99 Å². The predicted octanol–water partition coefficient (Wildman–Crippen LogP) is 6.82. The predicted molar refractivity (Wildman–Crippen MR) is 128 cm³/mol. The molecule has 0 fully saturated rings. The van der Waals surface area contributed by atoms with Gasteiger partial charge in [-0.05, 0) is 54.6 Å². The molecular weight excluding hydrogens is 444 g/mol. The fourth-order valence-corrected chi connectivity index (χ4v) is 4.23. The van der Waals surface area contributed by atoms with Crippen LogP contribution in [0.15, 0.2) is 87.6 Å². The van der Waals surface area contributed by atoms with Gasteiger partial charge in [0.2, 0.25) is 5.55 Å². The molecule has 2 heterocycles. The number of benzene rings is 3. The summed E-state index contributed by atoms with van der Waals surface area (Å²) in [4.78, 5) is 9.53. The molecule has 32 heavy (non-hydrogen) atoms.